The monoisotopic (exact) mass is 467 g/mol. The number of carbonyl (C=O) groups excluding carboxylic acids is 2. The Hall–Kier alpha value is -2.97. The van der Waals surface area contributed by atoms with E-state index in [-0.39, 0.29) is 11.7 Å². The molecule has 0 saturated carbocycles. The Morgan fingerprint density at radius 3 is 2.50 bits per heavy atom. The average molecular weight is 468 g/mol. The molecule has 2 aromatic carbocycles. The molecule has 1 saturated heterocycles. The summed E-state index contributed by atoms with van der Waals surface area (Å²) in [6.07, 6.45) is 2.17. The minimum Gasteiger partial charge on any atom is -0.374 e. The van der Waals surface area contributed by atoms with E-state index in [0.717, 1.165) is 51.1 Å². The Balaban J connectivity index is 1.47. The average Bonchev–Trinajstić information content (AvgIpc) is 2.82. The first-order valence-electron chi connectivity index (χ1n) is 11.9. The normalized spacial score (nSPS) is 17.7. The van der Waals surface area contributed by atoms with Gasteiger partial charge in [-0.2, -0.15) is 0 Å². The minimum atomic E-state index is -0.799. The molecule has 4 rings (SSSR count). The maximum absolute atomic E-state index is 13.8. The summed E-state index contributed by atoms with van der Waals surface area (Å²) in [6, 6.07) is 10.9. The number of aryl methyl sites for hydroxylation is 2. The SMILES string of the molecule is Cc1ccc(NC(=O)C(=O)NC[C@H](c2ccc3c(c2)CCCN3C)N2CCN(C)CC2)cc1F. The molecule has 182 valence electrons. The van der Waals surface area contributed by atoms with Crippen molar-refractivity contribution >= 4 is 23.2 Å². The summed E-state index contributed by atoms with van der Waals surface area (Å²) in [6.45, 7) is 6.73. The van der Waals surface area contributed by atoms with E-state index in [2.05, 4.69) is 57.6 Å². The van der Waals surface area contributed by atoms with Gasteiger partial charge in [0.2, 0.25) is 0 Å². The highest BCUT2D eigenvalue weighted by molar-refractivity contribution is 6.39. The van der Waals surface area contributed by atoms with E-state index in [0.29, 0.717) is 12.1 Å². The number of piperazine rings is 1. The minimum absolute atomic E-state index is 0.0280. The van der Waals surface area contributed by atoms with E-state index in [1.165, 1.54) is 17.3 Å². The molecule has 34 heavy (non-hydrogen) atoms. The third-order valence-corrected chi connectivity index (χ3v) is 6.91. The molecule has 2 N–H and O–H groups in total. The van der Waals surface area contributed by atoms with E-state index in [1.807, 2.05) is 0 Å². The van der Waals surface area contributed by atoms with E-state index in [9.17, 15) is 14.0 Å². The molecule has 2 heterocycles. The Bertz CT molecular complexity index is 1050. The fourth-order valence-electron chi connectivity index (χ4n) is 4.73. The van der Waals surface area contributed by atoms with Gasteiger partial charge in [-0.05, 0) is 61.7 Å². The summed E-state index contributed by atoms with van der Waals surface area (Å²) in [5, 5.41) is 5.30. The zero-order valence-corrected chi connectivity index (χ0v) is 20.2. The lowest BCUT2D eigenvalue weighted by Crippen LogP contribution is -2.49. The number of rotatable bonds is 5. The molecule has 2 aliphatic heterocycles. The van der Waals surface area contributed by atoms with Crippen LogP contribution in [0.5, 0.6) is 0 Å². The molecule has 0 spiro atoms. The van der Waals surface area contributed by atoms with Crippen LogP contribution in [-0.4, -0.2) is 75.0 Å². The molecular weight excluding hydrogens is 433 g/mol. The predicted octanol–water partition coefficient (Wildman–Crippen LogP) is 2.56. The Morgan fingerprint density at radius 1 is 1.00 bits per heavy atom. The van der Waals surface area contributed by atoms with Gasteiger partial charge in [-0.25, -0.2) is 4.39 Å². The smallest absolute Gasteiger partial charge is 0.313 e. The predicted molar refractivity (Wildman–Crippen MR) is 133 cm³/mol. The lowest BCUT2D eigenvalue weighted by atomic mass is 9.95. The molecule has 2 amide bonds. The molecule has 2 aromatic rings. The first-order chi connectivity index (χ1) is 16.3. The fourth-order valence-corrected chi connectivity index (χ4v) is 4.73. The van der Waals surface area contributed by atoms with Crippen molar-refractivity contribution in [2.24, 2.45) is 0 Å². The molecule has 0 radical (unpaired) electrons. The number of halogens is 1. The number of likely N-dealkylation sites (N-methyl/N-ethyl adjacent to an activating group) is 1. The largest absolute Gasteiger partial charge is 0.374 e. The molecule has 1 atom stereocenters. The van der Waals surface area contributed by atoms with Crippen LogP contribution in [0.15, 0.2) is 36.4 Å². The Labute approximate surface area is 200 Å². The van der Waals surface area contributed by atoms with Crippen LogP contribution in [0.3, 0.4) is 0 Å². The maximum atomic E-state index is 13.8. The number of fused-ring (bicyclic) bond motifs is 1. The molecule has 7 nitrogen and oxygen atoms in total. The number of benzene rings is 2. The quantitative estimate of drug-likeness (QED) is 0.662. The third kappa shape index (κ3) is 5.56. The molecule has 0 aliphatic carbocycles. The van der Waals surface area contributed by atoms with Gasteiger partial charge in [-0.1, -0.05) is 18.2 Å². The highest BCUT2D eigenvalue weighted by atomic mass is 19.1. The number of nitrogens with one attached hydrogen (secondary N) is 2. The van der Waals surface area contributed by atoms with Crippen LogP contribution in [0.2, 0.25) is 0 Å². The van der Waals surface area contributed by atoms with Gasteiger partial charge in [-0.15, -0.1) is 0 Å². The standard InChI is InChI=1S/C26H34FN5O2/c1-18-6-8-21(16-22(18)27)29-26(34)25(33)28-17-24(32-13-11-30(2)12-14-32)20-7-9-23-19(15-20)5-4-10-31(23)3/h6-9,15-16,24H,4-5,10-14,17H2,1-3H3,(H,28,33)(H,29,34)/t24-/m1/s1. The molecular formula is C26H34FN5O2. The molecule has 1 fully saturated rings. The number of nitrogens with zero attached hydrogens (tertiary/aromatic N) is 3. The Kier molecular flexibility index (Phi) is 7.48. The molecule has 0 bridgehead atoms. The van der Waals surface area contributed by atoms with Crippen molar-refractivity contribution < 1.29 is 14.0 Å². The maximum Gasteiger partial charge on any atom is 0.313 e. The molecule has 8 heteroatoms. The van der Waals surface area contributed by atoms with Gasteiger partial charge in [0, 0.05) is 57.7 Å². The summed E-state index contributed by atoms with van der Waals surface area (Å²) in [5.41, 5.74) is 4.49. The van der Waals surface area contributed by atoms with Crippen LogP contribution in [0.1, 0.15) is 29.2 Å². The van der Waals surface area contributed by atoms with Crippen molar-refractivity contribution in [2.75, 3.05) is 63.6 Å². The van der Waals surface area contributed by atoms with Crippen LogP contribution in [0.4, 0.5) is 15.8 Å². The summed E-state index contributed by atoms with van der Waals surface area (Å²) in [5.74, 6) is -1.95. The number of hydrogen-bond acceptors (Lipinski definition) is 5. The first kappa shape index (κ1) is 24.2. The number of anilines is 2. The van der Waals surface area contributed by atoms with E-state index in [4.69, 9.17) is 0 Å². The van der Waals surface area contributed by atoms with Crippen LogP contribution in [0, 0.1) is 12.7 Å². The van der Waals surface area contributed by atoms with Crippen LogP contribution in [0.25, 0.3) is 0 Å². The van der Waals surface area contributed by atoms with Crippen molar-refractivity contribution in [3.05, 3.63) is 58.9 Å². The van der Waals surface area contributed by atoms with Crippen molar-refractivity contribution in [1.82, 2.24) is 15.1 Å². The second-order valence-electron chi connectivity index (χ2n) is 9.40. The first-order valence-corrected chi connectivity index (χ1v) is 11.9. The summed E-state index contributed by atoms with van der Waals surface area (Å²) >= 11 is 0. The van der Waals surface area contributed by atoms with Gasteiger partial charge in [0.05, 0.1) is 6.04 Å². The topological polar surface area (TPSA) is 67.9 Å². The number of amides is 2. The van der Waals surface area contributed by atoms with E-state index < -0.39 is 17.6 Å². The molecule has 2 aliphatic rings. The van der Waals surface area contributed by atoms with Crippen LogP contribution in [-0.2, 0) is 16.0 Å². The van der Waals surface area contributed by atoms with Crippen molar-refractivity contribution in [1.29, 1.82) is 0 Å². The van der Waals surface area contributed by atoms with Crippen molar-refractivity contribution in [2.45, 2.75) is 25.8 Å². The van der Waals surface area contributed by atoms with Gasteiger partial charge in [0.1, 0.15) is 5.82 Å². The van der Waals surface area contributed by atoms with Gasteiger partial charge in [-0.3, -0.25) is 14.5 Å². The third-order valence-electron chi connectivity index (χ3n) is 6.91. The lowest BCUT2D eigenvalue weighted by Gasteiger charge is -2.39. The Morgan fingerprint density at radius 2 is 1.76 bits per heavy atom. The number of hydrogen-bond donors (Lipinski definition) is 2. The summed E-state index contributed by atoms with van der Waals surface area (Å²) in [7, 11) is 4.23. The van der Waals surface area contributed by atoms with Crippen LogP contribution < -0.4 is 15.5 Å². The second kappa shape index (κ2) is 10.5. The second-order valence-corrected chi connectivity index (χ2v) is 9.40. The van der Waals surface area contributed by atoms with Crippen molar-refractivity contribution in [3.63, 3.8) is 0 Å². The van der Waals surface area contributed by atoms with E-state index in [1.54, 1.807) is 19.1 Å². The summed E-state index contributed by atoms with van der Waals surface area (Å²) < 4.78 is 13.8. The van der Waals surface area contributed by atoms with Gasteiger partial charge >= 0.3 is 11.8 Å². The van der Waals surface area contributed by atoms with Gasteiger partial charge < -0.3 is 20.4 Å². The highest BCUT2D eigenvalue weighted by Crippen LogP contribution is 2.31. The lowest BCUT2D eigenvalue weighted by molar-refractivity contribution is -0.136. The highest BCUT2D eigenvalue weighted by Gasteiger charge is 2.27. The zero-order valence-electron chi connectivity index (χ0n) is 20.2. The molecule has 0 unspecified atom stereocenters. The van der Waals surface area contributed by atoms with Gasteiger partial charge in [0.15, 0.2) is 0 Å². The zero-order chi connectivity index (χ0) is 24.2. The van der Waals surface area contributed by atoms with E-state index >= 15 is 0 Å². The fraction of sp³-hybridized carbons (Fsp3) is 0.462. The molecule has 0 aromatic heterocycles. The van der Waals surface area contributed by atoms with Gasteiger partial charge in [0.25, 0.3) is 0 Å². The van der Waals surface area contributed by atoms with Crippen molar-refractivity contribution in [3.8, 4) is 0 Å². The number of carbonyl (C=O) groups is 2. The summed E-state index contributed by atoms with van der Waals surface area (Å²) in [4.78, 5) is 32.0. The van der Waals surface area contributed by atoms with Crippen LogP contribution >= 0.6 is 0 Å².